The largest absolute Gasteiger partial charge is 0.337 e. The summed E-state index contributed by atoms with van der Waals surface area (Å²) in [6.45, 7) is 3.29. The zero-order valence-electron chi connectivity index (χ0n) is 8.29. The summed E-state index contributed by atoms with van der Waals surface area (Å²) >= 11 is 5.81. The summed E-state index contributed by atoms with van der Waals surface area (Å²) in [7, 11) is 0. The average Bonchev–Trinajstić information content (AvgIpc) is 2.53. The van der Waals surface area contributed by atoms with Crippen molar-refractivity contribution in [3.8, 4) is 0 Å². The molecule has 6 heteroatoms. The third-order valence-corrected chi connectivity index (χ3v) is 2.74. The lowest BCUT2D eigenvalue weighted by molar-refractivity contribution is 0.0766. The van der Waals surface area contributed by atoms with E-state index in [1.165, 1.54) is 6.20 Å². The van der Waals surface area contributed by atoms with E-state index in [0.29, 0.717) is 10.7 Å². The van der Waals surface area contributed by atoms with Gasteiger partial charge in [0.05, 0.1) is 11.8 Å². The Balaban J connectivity index is 2.09. The van der Waals surface area contributed by atoms with Gasteiger partial charge in [-0.05, 0) is 13.0 Å². The first kappa shape index (κ1) is 10.4. The molecule has 2 heterocycles. The highest BCUT2D eigenvalue weighted by atomic mass is 35.5. The fourth-order valence-electron chi connectivity index (χ4n) is 1.64. The fraction of sp³-hybridized carbons (Fsp3) is 0.556. The summed E-state index contributed by atoms with van der Waals surface area (Å²) in [4.78, 5) is 13.8. The van der Waals surface area contributed by atoms with Crippen LogP contribution in [-0.4, -0.2) is 47.2 Å². The molecular formula is C9H13ClN4O. The van der Waals surface area contributed by atoms with E-state index >= 15 is 0 Å². The van der Waals surface area contributed by atoms with Gasteiger partial charge in [0, 0.05) is 19.6 Å². The van der Waals surface area contributed by atoms with E-state index in [0.717, 1.165) is 32.6 Å². The molecule has 1 amide bonds. The lowest BCUT2D eigenvalue weighted by atomic mass is 10.3. The quantitative estimate of drug-likeness (QED) is 0.736. The highest BCUT2D eigenvalue weighted by Gasteiger charge is 2.20. The number of halogens is 1. The van der Waals surface area contributed by atoms with Gasteiger partial charge in [-0.15, -0.1) is 0 Å². The zero-order valence-corrected chi connectivity index (χ0v) is 9.05. The van der Waals surface area contributed by atoms with Gasteiger partial charge < -0.3 is 10.2 Å². The summed E-state index contributed by atoms with van der Waals surface area (Å²) in [6.07, 6.45) is 2.45. The number of nitrogens with zero attached hydrogens (tertiary/aromatic N) is 2. The number of hydrogen-bond donors (Lipinski definition) is 2. The molecule has 1 fully saturated rings. The fourth-order valence-corrected chi connectivity index (χ4v) is 1.82. The molecule has 0 spiro atoms. The van der Waals surface area contributed by atoms with Crippen LogP contribution in [0.5, 0.6) is 0 Å². The molecule has 0 bridgehead atoms. The van der Waals surface area contributed by atoms with Gasteiger partial charge in [0.15, 0.2) is 0 Å². The Kier molecular flexibility index (Phi) is 3.23. The van der Waals surface area contributed by atoms with Crippen LogP contribution in [0.4, 0.5) is 0 Å². The Morgan fingerprint density at radius 2 is 2.33 bits per heavy atom. The molecule has 1 aromatic rings. The third-order valence-electron chi connectivity index (χ3n) is 2.45. The zero-order chi connectivity index (χ0) is 10.7. The van der Waals surface area contributed by atoms with Crippen LogP contribution in [0.2, 0.25) is 5.15 Å². The maximum absolute atomic E-state index is 12.0. The van der Waals surface area contributed by atoms with Crippen molar-refractivity contribution in [2.24, 2.45) is 0 Å². The van der Waals surface area contributed by atoms with Crippen LogP contribution < -0.4 is 5.32 Å². The molecule has 1 aromatic heterocycles. The predicted octanol–water partition coefficient (Wildman–Crippen LogP) is 0.499. The van der Waals surface area contributed by atoms with Gasteiger partial charge in [-0.1, -0.05) is 11.6 Å². The van der Waals surface area contributed by atoms with E-state index in [2.05, 4.69) is 15.5 Å². The molecule has 0 aliphatic carbocycles. The minimum atomic E-state index is -0.0440. The number of carbonyl (C=O) groups is 1. The van der Waals surface area contributed by atoms with Gasteiger partial charge in [-0.2, -0.15) is 5.10 Å². The third kappa shape index (κ3) is 2.30. The molecule has 15 heavy (non-hydrogen) atoms. The van der Waals surface area contributed by atoms with Crippen LogP contribution in [-0.2, 0) is 0 Å². The van der Waals surface area contributed by atoms with Crippen molar-refractivity contribution in [3.63, 3.8) is 0 Å². The summed E-state index contributed by atoms with van der Waals surface area (Å²) in [5.41, 5.74) is 0.457. The van der Waals surface area contributed by atoms with Crippen molar-refractivity contribution in [1.29, 1.82) is 0 Å². The first-order valence-corrected chi connectivity index (χ1v) is 5.35. The molecule has 5 nitrogen and oxygen atoms in total. The Morgan fingerprint density at radius 3 is 3.07 bits per heavy atom. The highest BCUT2D eigenvalue weighted by Crippen LogP contribution is 2.14. The predicted molar refractivity (Wildman–Crippen MR) is 57.0 cm³/mol. The lowest BCUT2D eigenvalue weighted by Gasteiger charge is -2.18. The Morgan fingerprint density at radius 1 is 1.47 bits per heavy atom. The first-order valence-electron chi connectivity index (χ1n) is 4.98. The van der Waals surface area contributed by atoms with E-state index < -0.39 is 0 Å². The molecule has 0 saturated carbocycles. The molecule has 0 aromatic carbocycles. The highest BCUT2D eigenvalue weighted by molar-refractivity contribution is 6.32. The second-order valence-electron chi connectivity index (χ2n) is 3.49. The Bertz CT molecular complexity index is 344. The number of amides is 1. The number of rotatable bonds is 1. The molecule has 82 valence electrons. The smallest absolute Gasteiger partial charge is 0.258 e. The molecule has 2 N–H and O–H groups in total. The molecule has 0 unspecified atom stereocenters. The van der Waals surface area contributed by atoms with Gasteiger partial charge in [0.25, 0.3) is 5.91 Å². The van der Waals surface area contributed by atoms with Gasteiger partial charge in [0.1, 0.15) is 5.15 Å². The normalized spacial score (nSPS) is 17.5. The summed E-state index contributed by atoms with van der Waals surface area (Å²) in [5.74, 6) is -0.0440. The van der Waals surface area contributed by atoms with Crippen molar-refractivity contribution in [2.75, 3.05) is 26.2 Å². The topological polar surface area (TPSA) is 61.0 Å². The molecule has 2 rings (SSSR count). The van der Waals surface area contributed by atoms with Gasteiger partial charge in [-0.3, -0.25) is 9.89 Å². The molecule has 0 radical (unpaired) electrons. The van der Waals surface area contributed by atoms with Crippen molar-refractivity contribution >= 4 is 17.5 Å². The van der Waals surface area contributed by atoms with Crippen molar-refractivity contribution in [1.82, 2.24) is 20.4 Å². The van der Waals surface area contributed by atoms with Crippen LogP contribution in [0.25, 0.3) is 0 Å². The number of aromatic nitrogens is 2. The second-order valence-corrected chi connectivity index (χ2v) is 3.87. The lowest BCUT2D eigenvalue weighted by Crippen LogP contribution is -2.34. The van der Waals surface area contributed by atoms with E-state index in [1.807, 2.05) is 0 Å². The average molecular weight is 229 g/mol. The van der Waals surface area contributed by atoms with Crippen molar-refractivity contribution in [2.45, 2.75) is 6.42 Å². The van der Waals surface area contributed by atoms with Crippen LogP contribution in [0.15, 0.2) is 6.20 Å². The van der Waals surface area contributed by atoms with Crippen LogP contribution >= 0.6 is 11.6 Å². The molecular weight excluding hydrogens is 216 g/mol. The van der Waals surface area contributed by atoms with E-state index in [1.54, 1.807) is 4.90 Å². The van der Waals surface area contributed by atoms with Gasteiger partial charge in [0.2, 0.25) is 0 Å². The van der Waals surface area contributed by atoms with Crippen LogP contribution in [0.3, 0.4) is 0 Å². The first-order chi connectivity index (χ1) is 7.29. The summed E-state index contributed by atoms with van der Waals surface area (Å²) in [6, 6.07) is 0. The number of carbonyl (C=O) groups excluding carboxylic acids is 1. The van der Waals surface area contributed by atoms with Crippen LogP contribution in [0, 0.1) is 0 Å². The van der Waals surface area contributed by atoms with Gasteiger partial charge >= 0.3 is 0 Å². The molecule has 1 saturated heterocycles. The van der Waals surface area contributed by atoms with Crippen molar-refractivity contribution in [3.05, 3.63) is 16.9 Å². The Hall–Kier alpha value is -1.07. The number of nitrogens with one attached hydrogen (secondary N) is 2. The van der Waals surface area contributed by atoms with Crippen LogP contribution in [0.1, 0.15) is 16.8 Å². The maximum atomic E-state index is 12.0. The van der Waals surface area contributed by atoms with E-state index in [-0.39, 0.29) is 5.91 Å². The number of H-pyrrole nitrogens is 1. The molecule has 1 aliphatic rings. The minimum absolute atomic E-state index is 0.0440. The second kappa shape index (κ2) is 4.63. The molecule has 1 aliphatic heterocycles. The van der Waals surface area contributed by atoms with Crippen molar-refractivity contribution < 1.29 is 4.79 Å². The summed E-state index contributed by atoms with van der Waals surface area (Å²) in [5, 5.41) is 9.86. The Labute approximate surface area is 92.8 Å². The minimum Gasteiger partial charge on any atom is -0.337 e. The van der Waals surface area contributed by atoms with E-state index in [4.69, 9.17) is 11.6 Å². The summed E-state index contributed by atoms with van der Waals surface area (Å²) < 4.78 is 0. The standard InChI is InChI=1S/C9H13ClN4O/c10-8-7(6-12-13-8)9(15)14-4-1-2-11-3-5-14/h6,11H,1-5H2,(H,12,13). The van der Waals surface area contributed by atoms with E-state index in [9.17, 15) is 4.79 Å². The SMILES string of the molecule is O=C(c1cn[nH]c1Cl)N1CCCNCC1. The van der Waals surface area contributed by atoms with Gasteiger partial charge in [-0.25, -0.2) is 0 Å². The monoisotopic (exact) mass is 228 g/mol. The number of aromatic amines is 1. The maximum Gasteiger partial charge on any atom is 0.258 e. The number of hydrogen-bond acceptors (Lipinski definition) is 3. The molecule has 0 atom stereocenters.